The lowest BCUT2D eigenvalue weighted by atomic mass is 9.89. The quantitative estimate of drug-likeness (QED) is 0.185. The molecular formula is C46H29N3O2. The summed E-state index contributed by atoms with van der Waals surface area (Å²) in [5.74, 6) is 2.74. The highest BCUT2D eigenvalue weighted by molar-refractivity contribution is 6.09. The van der Waals surface area contributed by atoms with Crippen LogP contribution in [0.25, 0.3) is 89.5 Å². The first-order valence-corrected chi connectivity index (χ1v) is 17.0. The molecule has 0 saturated heterocycles. The van der Waals surface area contributed by atoms with Gasteiger partial charge in [0, 0.05) is 38.6 Å². The molecule has 0 aliphatic carbocycles. The third kappa shape index (κ3) is 5.06. The molecule has 0 saturated carbocycles. The monoisotopic (exact) mass is 655 g/mol. The maximum Gasteiger partial charge on any atom is 0.164 e. The summed E-state index contributed by atoms with van der Waals surface area (Å²) in [4.78, 5) is 15.1. The first kappa shape index (κ1) is 29.1. The summed E-state index contributed by atoms with van der Waals surface area (Å²) in [5.41, 5.74) is 12.3. The Kier molecular flexibility index (Phi) is 6.81. The first-order valence-electron chi connectivity index (χ1n) is 17.0. The molecule has 0 N–H and O–H groups in total. The lowest BCUT2D eigenvalue weighted by Crippen LogP contribution is -2.06. The number of hydrogen-bond acceptors (Lipinski definition) is 5. The Morgan fingerprint density at radius 3 is 1.86 bits per heavy atom. The average Bonchev–Trinajstić information content (AvgIpc) is 3.60. The predicted molar refractivity (Wildman–Crippen MR) is 204 cm³/mol. The van der Waals surface area contributed by atoms with Crippen molar-refractivity contribution in [3.05, 3.63) is 169 Å². The van der Waals surface area contributed by atoms with Gasteiger partial charge in [0.15, 0.2) is 17.5 Å². The molecule has 0 bridgehead atoms. The molecule has 5 heteroatoms. The van der Waals surface area contributed by atoms with Gasteiger partial charge in [0.25, 0.3) is 0 Å². The van der Waals surface area contributed by atoms with Gasteiger partial charge in [-0.2, -0.15) is 0 Å². The van der Waals surface area contributed by atoms with Crippen molar-refractivity contribution in [2.45, 2.75) is 6.61 Å². The van der Waals surface area contributed by atoms with Gasteiger partial charge in [-0.25, -0.2) is 15.0 Å². The highest BCUT2D eigenvalue weighted by atomic mass is 16.5. The van der Waals surface area contributed by atoms with Crippen molar-refractivity contribution in [3.63, 3.8) is 0 Å². The molecule has 3 heterocycles. The van der Waals surface area contributed by atoms with Gasteiger partial charge in [0.1, 0.15) is 23.5 Å². The second kappa shape index (κ2) is 11.9. The zero-order valence-corrected chi connectivity index (χ0v) is 27.5. The van der Waals surface area contributed by atoms with E-state index in [1.54, 1.807) is 0 Å². The maximum atomic E-state index is 6.38. The summed E-state index contributed by atoms with van der Waals surface area (Å²) < 4.78 is 12.5. The third-order valence-electron chi connectivity index (χ3n) is 9.65. The highest BCUT2D eigenvalue weighted by Gasteiger charge is 2.21. The Morgan fingerprint density at radius 2 is 1.00 bits per heavy atom. The molecule has 0 atom stereocenters. The summed E-state index contributed by atoms with van der Waals surface area (Å²) in [5, 5.41) is 2.20. The molecular weight excluding hydrogens is 627 g/mol. The van der Waals surface area contributed by atoms with E-state index in [9.17, 15) is 0 Å². The predicted octanol–water partition coefficient (Wildman–Crippen LogP) is 11.7. The Balaban J connectivity index is 1.07. The number of para-hydroxylation sites is 2. The summed E-state index contributed by atoms with van der Waals surface area (Å²) >= 11 is 0. The second-order valence-corrected chi connectivity index (χ2v) is 12.7. The van der Waals surface area contributed by atoms with Crippen LogP contribution in [-0.4, -0.2) is 15.0 Å². The summed E-state index contributed by atoms with van der Waals surface area (Å²) in [6.45, 7) is 0.579. The van der Waals surface area contributed by atoms with Crippen LogP contribution in [0, 0.1) is 0 Å². The normalized spacial score (nSPS) is 12.0. The SMILES string of the molecule is c1ccc(-c2nc(-c3ccc(-c4cccc5c4-c4ccccc4CO5)cc3)nc(-c3cccc(-c4cccc5c4oc4ccccc45)c3)n2)cc1. The van der Waals surface area contributed by atoms with E-state index in [-0.39, 0.29) is 0 Å². The fourth-order valence-corrected chi connectivity index (χ4v) is 7.16. The zero-order chi connectivity index (χ0) is 33.7. The molecule has 7 aromatic carbocycles. The van der Waals surface area contributed by atoms with Gasteiger partial charge >= 0.3 is 0 Å². The van der Waals surface area contributed by atoms with E-state index in [1.807, 2.05) is 54.6 Å². The topological polar surface area (TPSA) is 61.0 Å². The minimum Gasteiger partial charge on any atom is -0.488 e. The largest absolute Gasteiger partial charge is 0.488 e. The Hall–Kier alpha value is -6.85. The van der Waals surface area contributed by atoms with Gasteiger partial charge in [0.05, 0.1) is 0 Å². The molecule has 1 aliphatic rings. The number of aromatic nitrogens is 3. The molecule has 0 unspecified atom stereocenters. The lowest BCUT2D eigenvalue weighted by molar-refractivity contribution is 0.302. The molecule has 5 nitrogen and oxygen atoms in total. The van der Waals surface area contributed by atoms with Crippen molar-refractivity contribution in [1.29, 1.82) is 0 Å². The Labute approximate surface area is 294 Å². The van der Waals surface area contributed by atoms with Crippen LogP contribution >= 0.6 is 0 Å². The maximum absolute atomic E-state index is 6.38. The van der Waals surface area contributed by atoms with Gasteiger partial charge < -0.3 is 9.15 Å². The van der Waals surface area contributed by atoms with Gasteiger partial charge in [-0.1, -0.05) is 146 Å². The van der Waals surface area contributed by atoms with Crippen molar-refractivity contribution in [3.8, 4) is 73.3 Å². The number of benzene rings is 7. The van der Waals surface area contributed by atoms with E-state index in [2.05, 4.69) is 109 Å². The van der Waals surface area contributed by atoms with Crippen LogP contribution in [0.15, 0.2) is 168 Å². The van der Waals surface area contributed by atoms with Crippen molar-refractivity contribution >= 4 is 21.9 Å². The first-order chi connectivity index (χ1) is 25.3. The van der Waals surface area contributed by atoms with Gasteiger partial charge in [-0.05, 0) is 46.0 Å². The van der Waals surface area contributed by atoms with Crippen molar-refractivity contribution in [2.75, 3.05) is 0 Å². The minimum atomic E-state index is 0.579. The van der Waals surface area contributed by atoms with E-state index in [0.29, 0.717) is 24.1 Å². The molecule has 240 valence electrons. The molecule has 9 aromatic rings. The van der Waals surface area contributed by atoms with Crippen molar-refractivity contribution in [1.82, 2.24) is 15.0 Å². The number of nitrogens with zero attached hydrogens (tertiary/aromatic N) is 3. The standard InChI is InChI=1S/C46H29N3O2/c1-2-11-30(12-3-1)44-47-45(31-25-23-29(24-26-31)35-18-10-22-41-42(35)36-16-5-4-13-34(36)28-50-41)49-46(48-44)33-15-8-14-32(27-33)37-19-9-20-39-38-17-6-7-21-40(38)51-43(37)39/h1-27H,28H2. The van der Waals surface area contributed by atoms with E-state index >= 15 is 0 Å². The summed E-state index contributed by atoms with van der Waals surface area (Å²) in [6, 6.07) is 56.1. The summed E-state index contributed by atoms with van der Waals surface area (Å²) in [6.07, 6.45) is 0. The van der Waals surface area contributed by atoms with E-state index < -0.39 is 0 Å². The molecule has 51 heavy (non-hydrogen) atoms. The van der Waals surface area contributed by atoms with Gasteiger partial charge in [0.2, 0.25) is 0 Å². The van der Waals surface area contributed by atoms with Crippen LogP contribution < -0.4 is 4.74 Å². The van der Waals surface area contributed by atoms with Crippen LogP contribution in [0.4, 0.5) is 0 Å². The van der Waals surface area contributed by atoms with Crippen molar-refractivity contribution < 1.29 is 9.15 Å². The summed E-state index contributed by atoms with van der Waals surface area (Å²) in [7, 11) is 0. The van der Waals surface area contributed by atoms with E-state index in [1.165, 1.54) is 11.1 Å². The third-order valence-corrected chi connectivity index (χ3v) is 9.65. The van der Waals surface area contributed by atoms with E-state index in [0.717, 1.165) is 72.2 Å². The number of rotatable bonds is 5. The minimum absolute atomic E-state index is 0.579. The van der Waals surface area contributed by atoms with Crippen LogP contribution in [0.1, 0.15) is 5.56 Å². The fraction of sp³-hybridized carbons (Fsp3) is 0.0217. The van der Waals surface area contributed by atoms with Crippen LogP contribution in [-0.2, 0) is 6.61 Å². The van der Waals surface area contributed by atoms with E-state index in [4.69, 9.17) is 24.1 Å². The smallest absolute Gasteiger partial charge is 0.164 e. The second-order valence-electron chi connectivity index (χ2n) is 12.7. The van der Waals surface area contributed by atoms with Gasteiger partial charge in [-0.3, -0.25) is 0 Å². The van der Waals surface area contributed by atoms with Gasteiger partial charge in [-0.15, -0.1) is 0 Å². The molecule has 1 aliphatic heterocycles. The number of hydrogen-bond donors (Lipinski definition) is 0. The molecule has 2 aromatic heterocycles. The molecule has 0 fully saturated rings. The average molecular weight is 656 g/mol. The Bertz CT molecular complexity index is 2750. The zero-order valence-electron chi connectivity index (χ0n) is 27.5. The van der Waals surface area contributed by atoms with Crippen molar-refractivity contribution in [2.24, 2.45) is 0 Å². The Morgan fingerprint density at radius 1 is 0.412 bits per heavy atom. The fourth-order valence-electron chi connectivity index (χ4n) is 7.16. The molecule has 0 spiro atoms. The number of fused-ring (bicyclic) bond motifs is 6. The number of furan rings is 1. The van der Waals surface area contributed by atoms with Crippen LogP contribution in [0.3, 0.4) is 0 Å². The van der Waals surface area contributed by atoms with Crippen LogP contribution in [0.5, 0.6) is 5.75 Å². The highest BCUT2D eigenvalue weighted by Crippen LogP contribution is 2.44. The lowest BCUT2D eigenvalue weighted by Gasteiger charge is -2.23. The number of ether oxygens (including phenoxy) is 1. The molecule has 0 amide bonds. The molecule has 0 radical (unpaired) electrons. The molecule has 10 rings (SSSR count). The van der Waals surface area contributed by atoms with Crippen LogP contribution in [0.2, 0.25) is 0 Å².